The molecule has 5 rings (SSSR count). The van der Waals surface area contributed by atoms with Gasteiger partial charge in [0.1, 0.15) is 11.9 Å². The lowest BCUT2D eigenvalue weighted by Crippen LogP contribution is -2.49. The van der Waals surface area contributed by atoms with Gasteiger partial charge in [-0.3, -0.25) is 9.78 Å². The average Bonchev–Trinajstić information content (AvgIpc) is 3.39. The third-order valence-corrected chi connectivity index (χ3v) is 6.61. The van der Waals surface area contributed by atoms with Crippen LogP contribution in [0.25, 0.3) is 22.2 Å². The van der Waals surface area contributed by atoms with Crippen LogP contribution in [-0.4, -0.2) is 69.8 Å². The fourth-order valence-electron chi connectivity index (χ4n) is 4.65. The number of nitrogens with one attached hydrogen (secondary N) is 2. The molecular formula is C28H27N9O. The van der Waals surface area contributed by atoms with E-state index >= 15 is 0 Å². The van der Waals surface area contributed by atoms with Gasteiger partial charge in [-0.05, 0) is 29.8 Å². The molecule has 1 aliphatic rings. The van der Waals surface area contributed by atoms with Crippen molar-refractivity contribution in [2.24, 2.45) is 0 Å². The Hall–Kier alpha value is -5.04. The van der Waals surface area contributed by atoms with Gasteiger partial charge in [0.25, 0.3) is 0 Å². The number of amides is 1. The predicted octanol–water partition coefficient (Wildman–Crippen LogP) is 2.76. The molecule has 0 spiro atoms. The average molecular weight is 506 g/mol. The summed E-state index contributed by atoms with van der Waals surface area (Å²) >= 11 is 0. The fourth-order valence-corrected chi connectivity index (χ4v) is 4.65. The number of hydrogen-bond donors (Lipinski definition) is 2. The molecule has 10 nitrogen and oxygen atoms in total. The lowest BCUT2D eigenvalue weighted by Gasteiger charge is -2.35. The van der Waals surface area contributed by atoms with Crippen molar-refractivity contribution >= 4 is 29.0 Å². The zero-order valence-electron chi connectivity index (χ0n) is 21.0. The van der Waals surface area contributed by atoms with Gasteiger partial charge in [-0.1, -0.05) is 6.07 Å². The number of rotatable bonds is 7. The molecule has 0 aromatic carbocycles. The Bertz CT molecular complexity index is 1530. The first-order chi connectivity index (χ1) is 18.6. The van der Waals surface area contributed by atoms with Gasteiger partial charge in [0.15, 0.2) is 0 Å². The molecule has 0 atom stereocenters. The van der Waals surface area contributed by atoms with Crippen molar-refractivity contribution < 1.29 is 4.79 Å². The van der Waals surface area contributed by atoms with E-state index in [2.05, 4.69) is 26.4 Å². The molecule has 1 amide bonds. The second kappa shape index (κ2) is 10.9. The van der Waals surface area contributed by atoms with Crippen LogP contribution in [0.1, 0.15) is 16.7 Å². The highest BCUT2D eigenvalue weighted by atomic mass is 16.2. The second-order valence-electron chi connectivity index (χ2n) is 8.95. The first kappa shape index (κ1) is 24.6. The minimum absolute atomic E-state index is 0.107. The van der Waals surface area contributed by atoms with Crippen LogP contribution in [0.15, 0.2) is 67.5 Å². The first-order valence-corrected chi connectivity index (χ1v) is 12.3. The zero-order valence-corrected chi connectivity index (χ0v) is 21.0. The van der Waals surface area contributed by atoms with Crippen molar-refractivity contribution in [3.63, 3.8) is 0 Å². The number of aromatic nitrogens is 4. The topological polar surface area (TPSA) is 126 Å². The number of nitrogens with zero attached hydrogens (tertiary/aromatic N) is 7. The Morgan fingerprint density at radius 1 is 1.18 bits per heavy atom. The van der Waals surface area contributed by atoms with Crippen molar-refractivity contribution in [3.8, 4) is 17.2 Å². The number of pyridine rings is 3. The van der Waals surface area contributed by atoms with Gasteiger partial charge in [0.2, 0.25) is 5.91 Å². The number of nitriles is 1. The summed E-state index contributed by atoms with van der Waals surface area (Å²) in [5.74, 6) is 0.945. The third kappa shape index (κ3) is 4.95. The van der Waals surface area contributed by atoms with Gasteiger partial charge < -0.3 is 20.5 Å². The van der Waals surface area contributed by atoms with Gasteiger partial charge >= 0.3 is 0 Å². The summed E-state index contributed by atoms with van der Waals surface area (Å²) in [5.41, 5.74) is 5.21. The van der Waals surface area contributed by atoms with E-state index in [1.807, 2.05) is 41.4 Å². The minimum atomic E-state index is 0.107. The quantitative estimate of drug-likeness (QED) is 0.370. The van der Waals surface area contributed by atoms with Crippen LogP contribution in [0, 0.1) is 16.7 Å². The molecule has 1 aliphatic heterocycles. The van der Waals surface area contributed by atoms with Crippen molar-refractivity contribution in [2.45, 2.75) is 6.42 Å². The van der Waals surface area contributed by atoms with Crippen molar-refractivity contribution in [3.05, 3.63) is 84.2 Å². The highest BCUT2D eigenvalue weighted by Crippen LogP contribution is 2.30. The molecule has 5 heterocycles. The molecule has 10 heteroatoms. The summed E-state index contributed by atoms with van der Waals surface area (Å²) in [4.78, 5) is 25.6. The maximum atomic E-state index is 12.7. The summed E-state index contributed by atoms with van der Waals surface area (Å²) in [6, 6.07) is 11.9. The van der Waals surface area contributed by atoms with E-state index < -0.39 is 0 Å². The maximum Gasteiger partial charge on any atom is 0.227 e. The van der Waals surface area contributed by atoms with E-state index in [1.165, 1.54) is 6.21 Å². The molecule has 0 saturated carbocycles. The van der Waals surface area contributed by atoms with E-state index in [4.69, 9.17) is 10.4 Å². The molecule has 1 saturated heterocycles. The molecule has 4 aromatic heterocycles. The second-order valence-corrected chi connectivity index (χ2v) is 8.95. The molecule has 0 bridgehead atoms. The monoisotopic (exact) mass is 505 g/mol. The Balaban J connectivity index is 1.35. The SMILES string of the molecule is CN/C=C(\C=N)c1cc(-c2ccc(N3CCN(C(=O)Cc4cccnc4)CC3)nc2)c2c(C#N)cnn2c1. The molecule has 0 aliphatic carbocycles. The van der Waals surface area contributed by atoms with Gasteiger partial charge in [-0.15, -0.1) is 0 Å². The summed E-state index contributed by atoms with van der Waals surface area (Å²) < 4.78 is 1.67. The van der Waals surface area contributed by atoms with E-state index in [0.717, 1.165) is 28.1 Å². The number of carbonyl (C=O) groups is 1. The van der Waals surface area contributed by atoms with Crippen molar-refractivity contribution in [1.29, 1.82) is 10.7 Å². The molecule has 1 fully saturated rings. The maximum absolute atomic E-state index is 12.7. The predicted molar refractivity (Wildman–Crippen MR) is 146 cm³/mol. The number of hydrogen-bond acceptors (Lipinski definition) is 8. The number of fused-ring (bicyclic) bond motifs is 1. The Labute approximate surface area is 220 Å². The van der Waals surface area contributed by atoms with Crippen molar-refractivity contribution in [2.75, 3.05) is 38.1 Å². The summed E-state index contributed by atoms with van der Waals surface area (Å²) in [5, 5.41) is 24.8. The van der Waals surface area contributed by atoms with Crippen molar-refractivity contribution in [1.82, 2.24) is 29.8 Å². The zero-order chi connectivity index (χ0) is 26.5. The molecule has 38 heavy (non-hydrogen) atoms. The fraction of sp³-hybridized carbons (Fsp3) is 0.214. The minimum Gasteiger partial charge on any atom is -0.393 e. The molecule has 4 aromatic rings. The Morgan fingerprint density at radius 2 is 2.03 bits per heavy atom. The lowest BCUT2D eigenvalue weighted by atomic mass is 10.0. The van der Waals surface area contributed by atoms with E-state index in [1.54, 1.807) is 42.6 Å². The normalized spacial score (nSPS) is 13.8. The van der Waals surface area contributed by atoms with Crippen LogP contribution in [0.5, 0.6) is 0 Å². The van der Waals surface area contributed by atoms with Crippen LogP contribution in [0.3, 0.4) is 0 Å². The Morgan fingerprint density at radius 3 is 2.68 bits per heavy atom. The third-order valence-electron chi connectivity index (χ3n) is 6.61. The summed E-state index contributed by atoms with van der Waals surface area (Å²) in [7, 11) is 1.78. The molecule has 190 valence electrons. The Kier molecular flexibility index (Phi) is 7.08. The standard InChI is InChI=1S/C28H27N9O/c1-31-16-23(13-29)22-12-25(28-24(14-30)18-34-37(28)19-22)21-4-5-26(33-17-21)35-7-9-36(10-8-35)27(38)11-20-3-2-6-32-15-20/h2-6,12-13,15-19,29,31H,7-11H2,1H3/b23-16+,29-13?. The van der Waals surface area contributed by atoms with Gasteiger partial charge in [0.05, 0.1) is 23.7 Å². The van der Waals surface area contributed by atoms with Crippen LogP contribution in [-0.2, 0) is 11.2 Å². The van der Waals surface area contributed by atoms with E-state index in [9.17, 15) is 10.1 Å². The molecule has 2 N–H and O–H groups in total. The first-order valence-electron chi connectivity index (χ1n) is 12.3. The molecule has 0 radical (unpaired) electrons. The van der Waals surface area contributed by atoms with E-state index in [-0.39, 0.29) is 5.91 Å². The van der Waals surface area contributed by atoms with Crippen LogP contribution < -0.4 is 10.2 Å². The summed E-state index contributed by atoms with van der Waals surface area (Å²) in [6.07, 6.45) is 12.0. The number of carbonyl (C=O) groups excluding carboxylic acids is 1. The lowest BCUT2D eigenvalue weighted by molar-refractivity contribution is -0.130. The smallest absolute Gasteiger partial charge is 0.227 e. The summed E-state index contributed by atoms with van der Waals surface area (Å²) in [6.45, 7) is 2.67. The number of piperazine rings is 1. The van der Waals surface area contributed by atoms with Gasteiger partial charge in [-0.25, -0.2) is 9.50 Å². The largest absolute Gasteiger partial charge is 0.393 e. The van der Waals surface area contributed by atoms with Gasteiger partial charge in [-0.2, -0.15) is 10.4 Å². The highest BCUT2D eigenvalue weighted by molar-refractivity contribution is 6.08. The highest BCUT2D eigenvalue weighted by Gasteiger charge is 2.22. The molecular weight excluding hydrogens is 478 g/mol. The number of allylic oxidation sites excluding steroid dienone is 1. The van der Waals surface area contributed by atoms with Gasteiger partial charge in [0, 0.05) is 92.7 Å². The van der Waals surface area contributed by atoms with Crippen LogP contribution >= 0.6 is 0 Å². The van der Waals surface area contributed by atoms with Crippen LogP contribution in [0.2, 0.25) is 0 Å². The van der Waals surface area contributed by atoms with E-state index in [0.29, 0.717) is 49.3 Å². The number of anilines is 1. The van der Waals surface area contributed by atoms with Crippen LogP contribution in [0.4, 0.5) is 5.82 Å². The molecule has 0 unspecified atom stereocenters.